The number of hydrogen-bond acceptors (Lipinski definition) is 4. The second-order valence-electron chi connectivity index (χ2n) is 14.8. The summed E-state index contributed by atoms with van der Waals surface area (Å²) in [6.45, 7) is 35.3. The summed E-state index contributed by atoms with van der Waals surface area (Å²) in [5, 5.41) is 4.07. The predicted molar refractivity (Wildman–Crippen MR) is 163 cm³/mol. The molecule has 36 heavy (non-hydrogen) atoms. The third-order valence-electron chi connectivity index (χ3n) is 7.33. The normalized spacial score (nSPS) is 13.7. The average Bonchev–Trinajstić information content (AvgIpc) is 2.66. The summed E-state index contributed by atoms with van der Waals surface area (Å²) in [5.74, 6) is 5.74. The standard InChI is InChI=1S/C30H52N2O2Si2/c1-19-23-21-24(20-2)26(32(28(6,7)8)34-36(17,18)30(12,13)14)22-25(23)31(27(3,4)5)33-35(15,16)29(9,10)11/h1-2,21-22H,3-18H3. The van der Waals surface area contributed by atoms with Crippen LogP contribution in [0.4, 0.5) is 11.4 Å². The highest BCUT2D eigenvalue weighted by Crippen LogP contribution is 2.44. The Bertz CT molecular complexity index is 939. The zero-order chi connectivity index (χ0) is 28.7. The van der Waals surface area contributed by atoms with Crippen LogP contribution in [0.1, 0.15) is 94.2 Å². The first kappa shape index (κ1) is 32.3. The molecule has 0 radical (unpaired) electrons. The van der Waals surface area contributed by atoms with E-state index in [1.165, 1.54) is 0 Å². The fourth-order valence-corrected chi connectivity index (χ4v) is 5.17. The Hall–Kier alpha value is -1.71. The molecule has 0 aromatic heterocycles. The molecular weight excluding hydrogens is 477 g/mol. The van der Waals surface area contributed by atoms with Crippen LogP contribution in [0.15, 0.2) is 12.1 Å². The third-order valence-corrected chi connectivity index (χ3v) is 15.8. The van der Waals surface area contributed by atoms with Crippen molar-refractivity contribution < 1.29 is 9.05 Å². The zero-order valence-corrected chi connectivity index (χ0v) is 28.0. The maximum absolute atomic E-state index is 6.92. The Kier molecular flexibility index (Phi) is 9.17. The van der Waals surface area contributed by atoms with E-state index in [0.717, 1.165) is 11.4 Å². The number of benzene rings is 1. The van der Waals surface area contributed by atoms with E-state index >= 15 is 0 Å². The molecule has 4 nitrogen and oxygen atoms in total. The van der Waals surface area contributed by atoms with Crippen molar-refractivity contribution in [3.63, 3.8) is 0 Å². The third kappa shape index (κ3) is 7.20. The molecule has 1 aromatic rings. The summed E-state index contributed by atoms with van der Waals surface area (Å²) in [7, 11) is -4.37. The van der Waals surface area contributed by atoms with Crippen molar-refractivity contribution in [3.8, 4) is 24.7 Å². The molecule has 0 heterocycles. The maximum Gasteiger partial charge on any atom is 0.228 e. The van der Waals surface area contributed by atoms with Gasteiger partial charge >= 0.3 is 0 Å². The monoisotopic (exact) mass is 528 g/mol. The van der Waals surface area contributed by atoms with Crippen molar-refractivity contribution in [2.45, 2.75) is 130 Å². The van der Waals surface area contributed by atoms with Crippen molar-refractivity contribution in [1.29, 1.82) is 0 Å². The van der Waals surface area contributed by atoms with Crippen LogP contribution in [-0.2, 0) is 9.05 Å². The van der Waals surface area contributed by atoms with Gasteiger partial charge in [-0.1, -0.05) is 53.4 Å². The lowest BCUT2D eigenvalue weighted by molar-refractivity contribution is 0.181. The molecule has 0 saturated carbocycles. The Labute approximate surface area is 225 Å². The van der Waals surface area contributed by atoms with E-state index in [0.29, 0.717) is 11.1 Å². The molecule has 0 bridgehead atoms. The van der Waals surface area contributed by atoms with E-state index in [4.69, 9.17) is 21.9 Å². The van der Waals surface area contributed by atoms with Crippen molar-refractivity contribution in [1.82, 2.24) is 0 Å². The molecule has 0 aliphatic rings. The van der Waals surface area contributed by atoms with E-state index in [9.17, 15) is 0 Å². The van der Waals surface area contributed by atoms with Crippen molar-refractivity contribution >= 4 is 28.0 Å². The summed E-state index contributed by atoms with van der Waals surface area (Å²) >= 11 is 0. The molecule has 0 atom stereocenters. The second kappa shape index (κ2) is 10.2. The molecule has 1 aromatic carbocycles. The molecule has 6 heteroatoms. The van der Waals surface area contributed by atoms with Crippen LogP contribution in [0.25, 0.3) is 0 Å². The topological polar surface area (TPSA) is 24.9 Å². The molecule has 0 fully saturated rings. The van der Waals surface area contributed by atoms with Crippen LogP contribution in [0.3, 0.4) is 0 Å². The van der Waals surface area contributed by atoms with Crippen molar-refractivity contribution in [2.24, 2.45) is 0 Å². The quantitative estimate of drug-likeness (QED) is 0.209. The van der Waals surface area contributed by atoms with Gasteiger partial charge in [0, 0.05) is 0 Å². The van der Waals surface area contributed by atoms with Gasteiger partial charge < -0.3 is 9.05 Å². The first-order valence-corrected chi connectivity index (χ1v) is 18.7. The van der Waals surface area contributed by atoms with Crippen LogP contribution in [-0.4, -0.2) is 27.7 Å². The van der Waals surface area contributed by atoms with Gasteiger partial charge in [-0.15, -0.1) is 12.8 Å². The summed E-state index contributed by atoms with van der Waals surface area (Å²) in [6, 6.07) is 3.99. The van der Waals surface area contributed by atoms with Crippen LogP contribution in [0.2, 0.25) is 36.3 Å². The lowest BCUT2D eigenvalue weighted by Gasteiger charge is -2.48. The van der Waals surface area contributed by atoms with Crippen LogP contribution < -0.4 is 10.1 Å². The fourth-order valence-electron chi connectivity index (χ4n) is 2.97. The van der Waals surface area contributed by atoms with Gasteiger partial charge in [0.1, 0.15) is 0 Å². The summed E-state index contributed by atoms with van der Waals surface area (Å²) in [6.07, 6.45) is 12.1. The number of anilines is 2. The number of hydrogen-bond donors (Lipinski definition) is 0. The first-order chi connectivity index (χ1) is 15.8. The fraction of sp³-hybridized carbons (Fsp3) is 0.667. The van der Waals surface area contributed by atoms with E-state index in [1.807, 2.05) is 16.2 Å². The van der Waals surface area contributed by atoms with Crippen LogP contribution >= 0.6 is 0 Å². The van der Waals surface area contributed by atoms with Gasteiger partial charge in [0.2, 0.25) is 16.6 Å². The van der Waals surface area contributed by atoms with E-state index in [2.05, 4.69) is 127 Å². The average molecular weight is 529 g/mol. The van der Waals surface area contributed by atoms with Gasteiger partial charge in [-0.2, -0.15) is 0 Å². The number of terminal acetylenes is 2. The minimum Gasteiger partial charge on any atom is -0.319 e. The molecule has 1 rings (SSSR count). The van der Waals surface area contributed by atoms with Gasteiger partial charge in [-0.25, -0.2) is 0 Å². The molecule has 0 amide bonds. The van der Waals surface area contributed by atoms with Crippen LogP contribution in [0, 0.1) is 24.7 Å². The van der Waals surface area contributed by atoms with Gasteiger partial charge in [-0.3, -0.25) is 10.1 Å². The molecule has 0 unspecified atom stereocenters. The number of rotatable bonds is 6. The maximum atomic E-state index is 6.92. The molecule has 0 aliphatic heterocycles. The zero-order valence-electron chi connectivity index (χ0n) is 26.0. The Morgan fingerprint density at radius 1 is 0.583 bits per heavy atom. The lowest BCUT2D eigenvalue weighted by Crippen LogP contribution is -2.54. The summed E-state index contributed by atoms with van der Waals surface area (Å²) < 4.78 is 13.8. The SMILES string of the molecule is C#Cc1cc(C#C)c(N(O[Si](C)(C)C(C)(C)C)C(C)(C)C)cc1N(O[Si](C)(C)C(C)(C)C)C(C)(C)C. The predicted octanol–water partition coefficient (Wildman–Crippen LogP) is 8.73. The lowest BCUT2D eigenvalue weighted by atomic mass is 10.0. The first-order valence-electron chi connectivity index (χ1n) is 12.9. The smallest absolute Gasteiger partial charge is 0.228 e. The van der Waals surface area contributed by atoms with E-state index < -0.39 is 16.6 Å². The van der Waals surface area contributed by atoms with E-state index in [-0.39, 0.29) is 21.2 Å². The molecule has 0 N–H and O–H groups in total. The minimum absolute atomic E-state index is 0.0251. The summed E-state index contributed by atoms with van der Waals surface area (Å²) in [5.41, 5.74) is 2.39. The van der Waals surface area contributed by atoms with Gasteiger partial charge in [-0.05, 0) is 89.9 Å². The van der Waals surface area contributed by atoms with Crippen molar-refractivity contribution in [2.75, 3.05) is 10.1 Å². The Balaban J connectivity index is 3.98. The van der Waals surface area contributed by atoms with Gasteiger partial charge in [0.25, 0.3) is 0 Å². The molecular formula is C30H52N2O2Si2. The molecule has 202 valence electrons. The molecule has 0 saturated heterocycles. The molecule has 0 aliphatic carbocycles. The minimum atomic E-state index is -2.18. The number of hydroxylamine groups is 2. The number of nitrogens with zero attached hydrogens (tertiary/aromatic N) is 2. The summed E-state index contributed by atoms with van der Waals surface area (Å²) in [4.78, 5) is 0. The highest BCUT2D eigenvalue weighted by Gasteiger charge is 2.44. The van der Waals surface area contributed by atoms with Crippen LogP contribution in [0.5, 0.6) is 0 Å². The highest BCUT2D eigenvalue weighted by atomic mass is 28.4. The van der Waals surface area contributed by atoms with E-state index in [1.54, 1.807) is 0 Å². The van der Waals surface area contributed by atoms with Gasteiger partial charge in [0.15, 0.2) is 0 Å². The molecule has 0 spiro atoms. The van der Waals surface area contributed by atoms with Crippen molar-refractivity contribution in [3.05, 3.63) is 23.3 Å². The largest absolute Gasteiger partial charge is 0.319 e. The Morgan fingerprint density at radius 2 is 0.861 bits per heavy atom. The second-order valence-corrected chi connectivity index (χ2v) is 24.2. The Morgan fingerprint density at radius 3 is 1.06 bits per heavy atom. The van der Waals surface area contributed by atoms with Gasteiger partial charge in [0.05, 0.1) is 33.6 Å². The highest BCUT2D eigenvalue weighted by molar-refractivity contribution is 6.74.